The molecule has 136 valence electrons. The van der Waals surface area contributed by atoms with Crippen LogP contribution in [-0.2, 0) is 11.3 Å². The van der Waals surface area contributed by atoms with Gasteiger partial charge < -0.3 is 14.2 Å². The average molecular weight is 369 g/mol. The molecular formula is C19H23N5OS. The number of benzene rings is 1. The zero-order valence-electron chi connectivity index (χ0n) is 14.9. The molecule has 1 aliphatic heterocycles. The molecule has 2 aromatic heterocycles. The lowest BCUT2D eigenvalue weighted by atomic mass is 9.97. The van der Waals surface area contributed by atoms with Crippen molar-refractivity contribution in [2.24, 2.45) is 0 Å². The Morgan fingerprint density at radius 1 is 1.23 bits per heavy atom. The third-order valence-electron chi connectivity index (χ3n) is 4.78. The highest BCUT2D eigenvalue weighted by Crippen LogP contribution is 2.33. The Kier molecular flexibility index (Phi) is 5.26. The van der Waals surface area contributed by atoms with Crippen LogP contribution < -0.4 is 4.90 Å². The predicted octanol–water partition coefficient (Wildman–Crippen LogP) is 3.43. The summed E-state index contributed by atoms with van der Waals surface area (Å²) in [6.45, 7) is 3.52. The van der Waals surface area contributed by atoms with E-state index >= 15 is 0 Å². The average Bonchev–Trinajstić information content (AvgIpc) is 3.37. The normalized spacial score (nSPS) is 17.6. The lowest BCUT2D eigenvalue weighted by Crippen LogP contribution is -2.35. The summed E-state index contributed by atoms with van der Waals surface area (Å²) >= 11 is 1.67. The van der Waals surface area contributed by atoms with Gasteiger partial charge in [-0.3, -0.25) is 0 Å². The molecule has 1 aliphatic rings. The number of rotatable bonds is 6. The first-order chi connectivity index (χ1) is 12.8. The molecule has 3 heterocycles. The van der Waals surface area contributed by atoms with E-state index in [-0.39, 0.29) is 0 Å². The van der Waals surface area contributed by atoms with Crippen LogP contribution in [-0.4, -0.2) is 46.6 Å². The van der Waals surface area contributed by atoms with Crippen molar-refractivity contribution < 1.29 is 4.74 Å². The number of aromatic nitrogens is 4. The quantitative estimate of drug-likeness (QED) is 0.666. The van der Waals surface area contributed by atoms with Crippen LogP contribution in [0.3, 0.4) is 0 Å². The molecule has 0 saturated carbocycles. The van der Waals surface area contributed by atoms with Gasteiger partial charge in [-0.15, -0.1) is 10.2 Å². The molecule has 4 rings (SSSR count). The number of imidazole rings is 1. The second kappa shape index (κ2) is 7.97. The van der Waals surface area contributed by atoms with Crippen LogP contribution in [0.2, 0.25) is 0 Å². The van der Waals surface area contributed by atoms with Crippen LogP contribution in [0.25, 0.3) is 10.6 Å². The minimum atomic E-state index is 0.416. The van der Waals surface area contributed by atoms with Crippen LogP contribution in [0.4, 0.5) is 5.13 Å². The summed E-state index contributed by atoms with van der Waals surface area (Å²) in [7, 11) is 1.73. The van der Waals surface area contributed by atoms with Gasteiger partial charge in [0.05, 0.1) is 6.61 Å². The van der Waals surface area contributed by atoms with Crippen molar-refractivity contribution in [1.29, 1.82) is 0 Å². The van der Waals surface area contributed by atoms with Crippen LogP contribution in [0.15, 0.2) is 42.7 Å². The number of ether oxygens (including phenoxy) is 1. The highest BCUT2D eigenvalue weighted by molar-refractivity contribution is 7.18. The fourth-order valence-electron chi connectivity index (χ4n) is 3.46. The lowest BCUT2D eigenvalue weighted by molar-refractivity contribution is 0.185. The van der Waals surface area contributed by atoms with Crippen LogP contribution in [0.5, 0.6) is 0 Å². The summed E-state index contributed by atoms with van der Waals surface area (Å²) in [5, 5.41) is 10.8. The van der Waals surface area contributed by atoms with Crippen molar-refractivity contribution >= 4 is 16.5 Å². The molecule has 1 fully saturated rings. The van der Waals surface area contributed by atoms with Gasteiger partial charge in [0.25, 0.3) is 0 Å². The Labute approximate surface area is 157 Å². The van der Waals surface area contributed by atoms with E-state index in [1.54, 1.807) is 18.4 Å². The van der Waals surface area contributed by atoms with Crippen molar-refractivity contribution in [2.75, 3.05) is 31.7 Å². The van der Waals surface area contributed by atoms with Gasteiger partial charge in [-0.05, 0) is 12.8 Å². The minimum absolute atomic E-state index is 0.416. The van der Waals surface area contributed by atoms with Gasteiger partial charge in [0.2, 0.25) is 5.13 Å². The first kappa shape index (κ1) is 17.2. The van der Waals surface area contributed by atoms with Gasteiger partial charge in [-0.1, -0.05) is 41.7 Å². The van der Waals surface area contributed by atoms with E-state index in [0.29, 0.717) is 12.5 Å². The van der Waals surface area contributed by atoms with Crippen molar-refractivity contribution in [1.82, 2.24) is 19.7 Å². The fourth-order valence-corrected chi connectivity index (χ4v) is 4.35. The maximum atomic E-state index is 5.22. The summed E-state index contributed by atoms with van der Waals surface area (Å²) in [5.74, 6) is 1.57. The van der Waals surface area contributed by atoms with Crippen molar-refractivity contribution in [2.45, 2.75) is 25.3 Å². The van der Waals surface area contributed by atoms with Gasteiger partial charge in [-0.25, -0.2) is 4.98 Å². The Bertz CT molecular complexity index is 831. The van der Waals surface area contributed by atoms with Crippen molar-refractivity contribution in [3.63, 3.8) is 0 Å². The van der Waals surface area contributed by atoms with Crippen LogP contribution in [0, 0.1) is 0 Å². The first-order valence-corrected chi connectivity index (χ1v) is 9.80. The minimum Gasteiger partial charge on any atom is -0.383 e. The van der Waals surface area contributed by atoms with E-state index < -0.39 is 0 Å². The standard InChI is InChI=1S/C19H23N5OS/c1-25-13-12-23-11-9-20-17(23)16-8-5-10-24(14-16)19-22-21-18(26-19)15-6-3-2-4-7-15/h2-4,6-7,9,11,16H,5,8,10,12-14H2,1H3. The van der Waals surface area contributed by atoms with E-state index in [9.17, 15) is 0 Å². The highest BCUT2D eigenvalue weighted by Gasteiger charge is 2.26. The van der Waals surface area contributed by atoms with Crippen LogP contribution in [0.1, 0.15) is 24.6 Å². The fraction of sp³-hybridized carbons (Fsp3) is 0.421. The molecule has 6 nitrogen and oxygen atoms in total. The number of hydrogen-bond donors (Lipinski definition) is 0. The summed E-state index contributed by atoms with van der Waals surface area (Å²) in [6, 6.07) is 10.2. The third-order valence-corrected chi connectivity index (χ3v) is 5.81. The number of anilines is 1. The topological polar surface area (TPSA) is 56.1 Å². The first-order valence-electron chi connectivity index (χ1n) is 8.99. The van der Waals surface area contributed by atoms with Gasteiger partial charge in [0.15, 0.2) is 0 Å². The molecule has 0 spiro atoms. The predicted molar refractivity (Wildman–Crippen MR) is 104 cm³/mol. The Morgan fingerprint density at radius 3 is 2.96 bits per heavy atom. The molecule has 7 heteroatoms. The molecule has 1 aromatic carbocycles. The Morgan fingerprint density at radius 2 is 2.12 bits per heavy atom. The molecule has 0 bridgehead atoms. The molecule has 1 saturated heterocycles. The zero-order valence-corrected chi connectivity index (χ0v) is 15.7. The molecule has 0 amide bonds. The van der Waals surface area contributed by atoms with E-state index in [0.717, 1.165) is 54.0 Å². The highest BCUT2D eigenvalue weighted by atomic mass is 32.1. The van der Waals surface area contributed by atoms with E-state index in [2.05, 4.69) is 36.8 Å². The lowest BCUT2D eigenvalue weighted by Gasteiger charge is -2.32. The number of nitrogens with zero attached hydrogens (tertiary/aromatic N) is 5. The molecular weight excluding hydrogens is 346 g/mol. The maximum absolute atomic E-state index is 5.22. The monoisotopic (exact) mass is 369 g/mol. The molecule has 0 N–H and O–H groups in total. The molecule has 1 atom stereocenters. The van der Waals surface area contributed by atoms with E-state index in [1.807, 2.05) is 30.6 Å². The molecule has 0 aliphatic carbocycles. The third kappa shape index (κ3) is 3.64. The second-order valence-corrected chi connectivity index (χ2v) is 7.47. The van der Waals surface area contributed by atoms with Gasteiger partial charge >= 0.3 is 0 Å². The molecule has 1 unspecified atom stereocenters. The number of hydrogen-bond acceptors (Lipinski definition) is 6. The van der Waals surface area contributed by atoms with Crippen molar-refractivity contribution in [3.05, 3.63) is 48.5 Å². The SMILES string of the molecule is COCCn1ccnc1C1CCCN(c2nnc(-c3ccccc3)s2)C1. The largest absolute Gasteiger partial charge is 0.383 e. The Hall–Kier alpha value is -2.25. The van der Waals surface area contributed by atoms with Crippen molar-refractivity contribution in [3.8, 4) is 10.6 Å². The Balaban J connectivity index is 1.49. The van der Waals surface area contributed by atoms with E-state index in [4.69, 9.17) is 4.74 Å². The maximum Gasteiger partial charge on any atom is 0.208 e. The van der Waals surface area contributed by atoms with Gasteiger partial charge in [-0.2, -0.15) is 0 Å². The van der Waals surface area contributed by atoms with Gasteiger partial charge in [0, 0.05) is 50.6 Å². The smallest absolute Gasteiger partial charge is 0.208 e. The summed E-state index contributed by atoms with van der Waals surface area (Å²) < 4.78 is 7.43. The molecule has 26 heavy (non-hydrogen) atoms. The summed E-state index contributed by atoms with van der Waals surface area (Å²) in [4.78, 5) is 6.98. The van der Waals surface area contributed by atoms with Gasteiger partial charge in [0.1, 0.15) is 10.8 Å². The van der Waals surface area contributed by atoms with E-state index in [1.165, 1.54) is 0 Å². The van der Waals surface area contributed by atoms with Crippen LogP contribution >= 0.6 is 11.3 Å². The summed E-state index contributed by atoms with van der Waals surface area (Å²) in [5.41, 5.74) is 1.12. The molecule has 0 radical (unpaired) electrons. The number of methoxy groups -OCH3 is 1. The zero-order chi connectivity index (χ0) is 17.8. The molecule has 3 aromatic rings. The number of piperidine rings is 1. The second-order valence-electron chi connectivity index (χ2n) is 6.51. The summed E-state index contributed by atoms with van der Waals surface area (Å²) in [6.07, 6.45) is 6.24.